The smallest absolute Gasteiger partial charge is 0.0695 e. The van der Waals surface area contributed by atoms with Gasteiger partial charge in [-0.25, -0.2) is 0 Å². The van der Waals surface area contributed by atoms with E-state index in [1.54, 1.807) is 0 Å². The third-order valence-electron chi connectivity index (χ3n) is 4.57. The molecule has 0 spiro atoms. The minimum atomic E-state index is 0.241. The SMILES string of the molecule is CN1CCN(Cc2cn[nH]c2-c2ccc(Cl)cc2)C[C@@H]1CCO. The number of hydrogen-bond acceptors (Lipinski definition) is 4. The molecule has 0 amide bonds. The van der Waals surface area contributed by atoms with Gasteiger partial charge in [0.05, 0.1) is 11.9 Å². The van der Waals surface area contributed by atoms with E-state index in [1.807, 2.05) is 30.5 Å². The topological polar surface area (TPSA) is 55.4 Å². The number of aliphatic hydroxyl groups is 1. The summed E-state index contributed by atoms with van der Waals surface area (Å²) in [6.45, 7) is 4.14. The van der Waals surface area contributed by atoms with E-state index < -0.39 is 0 Å². The minimum absolute atomic E-state index is 0.241. The van der Waals surface area contributed by atoms with Gasteiger partial charge in [0, 0.05) is 49.4 Å². The summed E-state index contributed by atoms with van der Waals surface area (Å²) in [5.41, 5.74) is 3.35. The van der Waals surface area contributed by atoms with Crippen LogP contribution in [-0.4, -0.2) is 64.4 Å². The van der Waals surface area contributed by atoms with Crippen LogP contribution in [-0.2, 0) is 6.54 Å². The van der Waals surface area contributed by atoms with Gasteiger partial charge < -0.3 is 10.0 Å². The van der Waals surface area contributed by atoms with Gasteiger partial charge in [-0.2, -0.15) is 5.10 Å². The Hall–Kier alpha value is -1.40. The second-order valence-electron chi connectivity index (χ2n) is 6.16. The van der Waals surface area contributed by atoms with Gasteiger partial charge in [-0.15, -0.1) is 0 Å². The molecular formula is C17H23ClN4O. The van der Waals surface area contributed by atoms with Gasteiger partial charge in [-0.1, -0.05) is 23.7 Å². The molecule has 1 atom stereocenters. The Morgan fingerprint density at radius 3 is 2.83 bits per heavy atom. The van der Waals surface area contributed by atoms with Crippen molar-refractivity contribution in [3.05, 3.63) is 41.0 Å². The molecule has 3 rings (SSSR count). The highest BCUT2D eigenvalue weighted by Gasteiger charge is 2.24. The van der Waals surface area contributed by atoms with E-state index in [-0.39, 0.29) is 6.61 Å². The number of halogens is 1. The van der Waals surface area contributed by atoms with Crippen molar-refractivity contribution in [2.24, 2.45) is 0 Å². The maximum atomic E-state index is 9.22. The monoisotopic (exact) mass is 334 g/mol. The molecule has 2 heterocycles. The number of aromatic amines is 1. The molecule has 0 radical (unpaired) electrons. The molecule has 0 aliphatic carbocycles. The van der Waals surface area contributed by atoms with Gasteiger partial charge >= 0.3 is 0 Å². The lowest BCUT2D eigenvalue weighted by molar-refractivity contribution is 0.0744. The summed E-state index contributed by atoms with van der Waals surface area (Å²) in [6, 6.07) is 8.23. The molecule has 0 saturated carbocycles. The average Bonchev–Trinajstić information content (AvgIpc) is 3.00. The van der Waals surface area contributed by atoms with Crippen LogP contribution in [0.3, 0.4) is 0 Å². The van der Waals surface area contributed by atoms with Gasteiger partial charge in [0.1, 0.15) is 0 Å². The summed E-state index contributed by atoms with van der Waals surface area (Å²) in [4.78, 5) is 4.77. The van der Waals surface area contributed by atoms with E-state index in [1.165, 1.54) is 5.56 Å². The Morgan fingerprint density at radius 2 is 2.09 bits per heavy atom. The molecule has 1 aromatic carbocycles. The Morgan fingerprint density at radius 1 is 1.30 bits per heavy atom. The van der Waals surface area contributed by atoms with Crippen molar-refractivity contribution in [1.29, 1.82) is 0 Å². The zero-order valence-electron chi connectivity index (χ0n) is 13.4. The fourth-order valence-corrected chi connectivity index (χ4v) is 3.28. The van der Waals surface area contributed by atoms with Crippen molar-refractivity contribution in [3.8, 4) is 11.3 Å². The molecule has 5 nitrogen and oxygen atoms in total. The normalized spacial score (nSPS) is 20.0. The number of nitrogens with zero attached hydrogens (tertiary/aromatic N) is 3. The molecule has 2 aromatic rings. The number of H-pyrrole nitrogens is 1. The molecule has 1 aromatic heterocycles. The van der Waals surface area contributed by atoms with E-state index in [0.717, 1.165) is 48.9 Å². The zero-order valence-corrected chi connectivity index (χ0v) is 14.1. The Bertz CT molecular complexity index is 628. The fourth-order valence-electron chi connectivity index (χ4n) is 3.15. The molecule has 1 fully saturated rings. The van der Waals surface area contributed by atoms with Gasteiger partial charge in [-0.3, -0.25) is 10.00 Å². The molecule has 124 valence electrons. The quantitative estimate of drug-likeness (QED) is 0.880. The number of aliphatic hydroxyl groups excluding tert-OH is 1. The molecule has 0 unspecified atom stereocenters. The molecule has 1 aliphatic rings. The predicted molar refractivity (Wildman–Crippen MR) is 92.4 cm³/mol. The van der Waals surface area contributed by atoms with Crippen molar-refractivity contribution in [1.82, 2.24) is 20.0 Å². The van der Waals surface area contributed by atoms with Crippen LogP contribution in [0.5, 0.6) is 0 Å². The van der Waals surface area contributed by atoms with E-state index in [0.29, 0.717) is 6.04 Å². The standard InChI is InChI=1S/C17H23ClN4O/c1-21-7-8-22(12-16(21)6-9-23)11-14-10-19-20-17(14)13-2-4-15(18)5-3-13/h2-5,10,16,23H,6-9,11-12H2,1H3,(H,19,20)/t16-/m0/s1. The summed E-state index contributed by atoms with van der Waals surface area (Å²) in [6.07, 6.45) is 2.73. The van der Waals surface area contributed by atoms with Crippen molar-refractivity contribution in [2.45, 2.75) is 19.0 Å². The number of aromatic nitrogens is 2. The third-order valence-corrected chi connectivity index (χ3v) is 4.82. The van der Waals surface area contributed by atoms with Crippen LogP contribution in [0.25, 0.3) is 11.3 Å². The van der Waals surface area contributed by atoms with Crippen LogP contribution >= 0.6 is 11.6 Å². The third kappa shape index (κ3) is 3.93. The maximum absolute atomic E-state index is 9.22. The molecule has 1 saturated heterocycles. The van der Waals surface area contributed by atoms with E-state index in [2.05, 4.69) is 27.0 Å². The first-order valence-electron chi connectivity index (χ1n) is 7.99. The van der Waals surface area contributed by atoms with Gasteiger partial charge in [0.15, 0.2) is 0 Å². The molecule has 2 N–H and O–H groups in total. The fraction of sp³-hybridized carbons (Fsp3) is 0.471. The van der Waals surface area contributed by atoms with Crippen LogP contribution in [0.1, 0.15) is 12.0 Å². The van der Waals surface area contributed by atoms with Gasteiger partial charge in [0.2, 0.25) is 0 Å². The number of likely N-dealkylation sites (N-methyl/N-ethyl adjacent to an activating group) is 1. The second-order valence-corrected chi connectivity index (χ2v) is 6.60. The highest BCUT2D eigenvalue weighted by atomic mass is 35.5. The van der Waals surface area contributed by atoms with Crippen molar-refractivity contribution >= 4 is 11.6 Å². The Balaban J connectivity index is 1.71. The van der Waals surface area contributed by atoms with Crippen LogP contribution < -0.4 is 0 Å². The number of piperazine rings is 1. The molecular weight excluding hydrogens is 312 g/mol. The lowest BCUT2D eigenvalue weighted by Gasteiger charge is -2.39. The predicted octanol–water partition coefficient (Wildman–Crippen LogP) is 2.23. The van der Waals surface area contributed by atoms with Crippen molar-refractivity contribution in [3.63, 3.8) is 0 Å². The average molecular weight is 335 g/mol. The Labute approximate surface area is 141 Å². The van der Waals surface area contributed by atoms with Gasteiger partial charge in [0.25, 0.3) is 0 Å². The molecule has 1 aliphatic heterocycles. The maximum Gasteiger partial charge on any atom is 0.0695 e. The first kappa shape index (κ1) is 16.5. The first-order chi connectivity index (χ1) is 11.2. The lowest BCUT2D eigenvalue weighted by atomic mass is 10.1. The zero-order chi connectivity index (χ0) is 16.2. The summed E-state index contributed by atoms with van der Waals surface area (Å²) < 4.78 is 0. The van der Waals surface area contributed by atoms with Crippen LogP contribution in [0.15, 0.2) is 30.5 Å². The largest absolute Gasteiger partial charge is 0.396 e. The van der Waals surface area contributed by atoms with E-state index in [4.69, 9.17) is 11.6 Å². The molecule has 0 bridgehead atoms. The number of benzene rings is 1. The lowest BCUT2D eigenvalue weighted by Crippen LogP contribution is -2.51. The first-order valence-corrected chi connectivity index (χ1v) is 8.37. The van der Waals surface area contributed by atoms with Crippen LogP contribution in [0.4, 0.5) is 0 Å². The van der Waals surface area contributed by atoms with E-state index in [9.17, 15) is 5.11 Å². The van der Waals surface area contributed by atoms with Crippen LogP contribution in [0.2, 0.25) is 5.02 Å². The summed E-state index contributed by atoms with van der Waals surface area (Å²) in [5, 5.41) is 17.3. The number of nitrogens with one attached hydrogen (secondary N) is 1. The summed E-state index contributed by atoms with van der Waals surface area (Å²) >= 11 is 5.97. The van der Waals surface area contributed by atoms with E-state index >= 15 is 0 Å². The van der Waals surface area contributed by atoms with Gasteiger partial charge in [-0.05, 0) is 31.2 Å². The molecule has 6 heteroatoms. The number of rotatable bonds is 5. The number of hydrogen-bond donors (Lipinski definition) is 2. The Kier molecular flexibility index (Phi) is 5.33. The minimum Gasteiger partial charge on any atom is -0.396 e. The molecule has 23 heavy (non-hydrogen) atoms. The summed E-state index contributed by atoms with van der Waals surface area (Å²) in [7, 11) is 2.13. The highest BCUT2D eigenvalue weighted by molar-refractivity contribution is 6.30. The highest BCUT2D eigenvalue weighted by Crippen LogP contribution is 2.24. The summed E-state index contributed by atoms with van der Waals surface area (Å²) in [5.74, 6) is 0. The van der Waals surface area contributed by atoms with Crippen molar-refractivity contribution in [2.75, 3.05) is 33.3 Å². The van der Waals surface area contributed by atoms with Crippen molar-refractivity contribution < 1.29 is 5.11 Å². The second kappa shape index (κ2) is 7.45. The van der Waals surface area contributed by atoms with Crippen LogP contribution in [0, 0.1) is 0 Å².